The molecule has 1 aliphatic rings. The SMILES string of the molecule is CC1C(Br)=C(ON)ON1C.Cc1noc(CN)c1Cl. The lowest BCUT2D eigenvalue weighted by molar-refractivity contribution is -0.139. The molecular formula is C10H16BrClN4O3. The van der Waals surface area contributed by atoms with E-state index < -0.39 is 0 Å². The van der Waals surface area contributed by atoms with Gasteiger partial charge in [0, 0.05) is 7.05 Å². The largest absolute Gasteiger partial charge is 0.371 e. The summed E-state index contributed by atoms with van der Waals surface area (Å²) in [6, 6.07) is 0.165. The van der Waals surface area contributed by atoms with Crippen molar-refractivity contribution in [1.82, 2.24) is 10.2 Å². The smallest absolute Gasteiger partial charge is 0.330 e. The number of aryl methyl sites for hydroxylation is 1. The second-order valence-electron chi connectivity index (χ2n) is 3.78. The van der Waals surface area contributed by atoms with Gasteiger partial charge >= 0.3 is 5.95 Å². The van der Waals surface area contributed by atoms with E-state index in [-0.39, 0.29) is 6.04 Å². The van der Waals surface area contributed by atoms with E-state index in [1.807, 2.05) is 6.92 Å². The topological polar surface area (TPSA) is 99.8 Å². The fraction of sp³-hybridized carbons (Fsp3) is 0.500. The Morgan fingerprint density at radius 2 is 2.21 bits per heavy atom. The molecule has 1 atom stereocenters. The van der Waals surface area contributed by atoms with Gasteiger partial charge in [-0.05, 0) is 29.8 Å². The normalized spacial score (nSPS) is 19.0. The average Bonchev–Trinajstić information content (AvgIpc) is 2.85. The molecule has 0 aliphatic carbocycles. The third-order valence-electron chi connectivity index (χ3n) is 2.48. The molecule has 0 fully saturated rings. The van der Waals surface area contributed by atoms with E-state index in [4.69, 9.17) is 32.6 Å². The molecule has 9 heteroatoms. The molecule has 108 valence electrons. The van der Waals surface area contributed by atoms with Crippen molar-refractivity contribution in [3.63, 3.8) is 0 Å². The first kappa shape index (κ1) is 16.3. The summed E-state index contributed by atoms with van der Waals surface area (Å²) in [4.78, 5) is 9.49. The monoisotopic (exact) mass is 354 g/mol. The number of halogens is 2. The third-order valence-corrected chi connectivity index (χ3v) is 3.95. The van der Waals surface area contributed by atoms with Gasteiger partial charge in [-0.3, -0.25) is 0 Å². The van der Waals surface area contributed by atoms with Crippen molar-refractivity contribution in [2.24, 2.45) is 11.6 Å². The molecule has 2 heterocycles. The van der Waals surface area contributed by atoms with Crippen molar-refractivity contribution in [3.05, 3.63) is 26.9 Å². The number of hydrogen-bond acceptors (Lipinski definition) is 7. The lowest BCUT2D eigenvalue weighted by Gasteiger charge is -2.12. The Balaban J connectivity index is 0.000000191. The van der Waals surface area contributed by atoms with Crippen LogP contribution in [-0.4, -0.2) is 23.3 Å². The van der Waals surface area contributed by atoms with Gasteiger partial charge in [0.05, 0.1) is 22.8 Å². The van der Waals surface area contributed by atoms with Crippen LogP contribution in [0.2, 0.25) is 5.02 Å². The first-order chi connectivity index (χ1) is 8.92. The zero-order chi connectivity index (χ0) is 14.6. The van der Waals surface area contributed by atoms with Crippen LogP contribution in [0.15, 0.2) is 15.0 Å². The van der Waals surface area contributed by atoms with Crippen LogP contribution in [0.3, 0.4) is 0 Å². The molecule has 1 aliphatic heterocycles. The minimum absolute atomic E-state index is 0.165. The number of nitrogens with two attached hydrogens (primary N) is 2. The standard InChI is InChI=1S/C5H9BrN2O2.C5H7ClN2O/c1-3-4(6)5(9-7)10-8(3)2;1-3-5(6)4(2-7)9-8-3/h3H,7H2,1-2H3;2,7H2,1H3. The van der Waals surface area contributed by atoms with E-state index in [9.17, 15) is 0 Å². The van der Waals surface area contributed by atoms with Gasteiger partial charge in [-0.15, -0.1) is 5.06 Å². The molecule has 4 N–H and O–H groups in total. The summed E-state index contributed by atoms with van der Waals surface area (Å²) in [5, 5.41) is 5.78. The molecular weight excluding hydrogens is 339 g/mol. The highest BCUT2D eigenvalue weighted by atomic mass is 79.9. The molecule has 0 radical (unpaired) electrons. The minimum Gasteiger partial charge on any atom is -0.371 e. The second-order valence-corrected chi connectivity index (χ2v) is 5.01. The first-order valence-electron chi connectivity index (χ1n) is 5.40. The van der Waals surface area contributed by atoms with Crippen LogP contribution < -0.4 is 11.6 Å². The number of likely N-dealkylation sites (N-methyl/N-ethyl adjacent to an activating group) is 1. The van der Waals surface area contributed by atoms with Crippen molar-refractivity contribution in [2.75, 3.05) is 7.05 Å². The fourth-order valence-electron chi connectivity index (χ4n) is 1.19. The van der Waals surface area contributed by atoms with Gasteiger partial charge in [0.25, 0.3) is 0 Å². The summed E-state index contributed by atoms with van der Waals surface area (Å²) in [6.45, 7) is 4.04. The Bertz CT molecular complexity index is 466. The van der Waals surface area contributed by atoms with Crippen LogP contribution in [0.4, 0.5) is 0 Å². The quantitative estimate of drug-likeness (QED) is 0.780. The Morgan fingerprint density at radius 3 is 2.42 bits per heavy atom. The third kappa shape index (κ3) is 3.83. The van der Waals surface area contributed by atoms with Crippen LogP contribution in [0.25, 0.3) is 0 Å². The molecule has 1 aromatic rings. The maximum absolute atomic E-state index is 5.67. The van der Waals surface area contributed by atoms with Gasteiger partial charge < -0.3 is 19.9 Å². The van der Waals surface area contributed by atoms with Crippen molar-refractivity contribution in [1.29, 1.82) is 0 Å². The van der Waals surface area contributed by atoms with E-state index in [1.165, 1.54) is 0 Å². The predicted molar refractivity (Wildman–Crippen MR) is 73.7 cm³/mol. The van der Waals surface area contributed by atoms with Crippen LogP contribution in [-0.2, 0) is 16.2 Å². The molecule has 0 saturated carbocycles. The van der Waals surface area contributed by atoms with Crippen LogP contribution in [0.1, 0.15) is 18.4 Å². The minimum atomic E-state index is 0.165. The number of nitrogens with zero attached hydrogens (tertiary/aromatic N) is 2. The highest BCUT2D eigenvalue weighted by molar-refractivity contribution is 9.11. The number of hydrogen-bond donors (Lipinski definition) is 2. The molecule has 0 spiro atoms. The van der Waals surface area contributed by atoms with Crippen molar-refractivity contribution in [2.45, 2.75) is 26.4 Å². The molecule has 0 saturated heterocycles. The number of hydroxylamine groups is 2. The number of rotatable bonds is 2. The van der Waals surface area contributed by atoms with Gasteiger partial charge in [0.1, 0.15) is 5.02 Å². The Labute approximate surface area is 124 Å². The van der Waals surface area contributed by atoms with Crippen molar-refractivity contribution >= 4 is 27.5 Å². The molecule has 0 amide bonds. The maximum Gasteiger partial charge on any atom is 0.330 e. The molecule has 19 heavy (non-hydrogen) atoms. The Hall–Kier alpha value is -0.800. The molecule has 2 rings (SSSR count). The van der Waals surface area contributed by atoms with Gasteiger partial charge in [-0.1, -0.05) is 16.8 Å². The fourth-order valence-corrected chi connectivity index (χ4v) is 1.79. The highest BCUT2D eigenvalue weighted by Gasteiger charge is 2.28. The molecule has 1 unspecified atom stereocenters. The van der Waals surface area contributed by atoms with E-state index in [1.54, 1.807) is 19.0 Å². The Kier molecular flexibility index (Phi) is 6.08. The van der Waals surface area contributed by atoms with Crippen LogP contribution >= 0.6 is 27.5 Å². The van der Waals surface area contributed by atoms with E-state index in [0.29, 0.717) is 29.0 Å². The molecule has 0 aromatic carbocycles. The maximum atomic E-state index is 5.67. The Morgan fingerprint density at radius 1 is 1.58 bits per heavy atom. The summed E-state index contributed by atoms with van der Waals surface area (Å²) in [5.41, 5.74) is 5.94. The summed E-state index contributed by atoms with van der Waals surface area (Å²) in [5.74, 6) is 5.79. The first-order valence-corrected chi connectivity index (χ1v) is 6.57. The summed E-state index contributed by atoms with van der Waals surface area (Å²) in [7, 11) is 1.80. The van der Waals surface area contributed by atoms with Gasteiger partial charge in [0.15, 0.2) is 5.76 Å². The summed E-state index contributed by atoms with van der Waals surface area (Å²) < 4.78 is 5.57. The molecule has 0 bridgehead atoms. The zero-order valence-electron chi connectivity index (χ0n) is 10.8. The van der Waals surface area contributed by atoms with Gasteiger partial charge in [-0.25, -0.2) is 0 Å². The van der Waals surface area contributed by atoms with Crippen molar-refractivity contribution in [3.8, 4) is 0 Å². The second kappa shape index (κ2) is 7.11. The average molecular weight is 356 g/mol. The van der Waals surface area contributed by atoms with Crippen LogP contribution in [0, 0.1) is 6.92 Å². The van der Waals surface area contributed by atoms with Gasteiger partial charge in [-0.2, -0.15) is 5.90 Å². The summed E-state index contributed by atoms with van der Waals surface area (Å²) >= 11 is 8.95. The van der Waals surface area contributed by atoms with E-state index in [0.717, 1.165) is 4.48 Å². The lowest BCUT2D eigenvalue weighted by atomic mass is 10.3. The van der Waals surface area contributed by atoms with E-state index >= 15 is 0 Å². The van der Waals surface area contributed by atoms with E-state index in [2.05, 4.69) is 25.9 Å². The van der Waals surface area contributed by atoms with Crippen LogP contribution in [0.5, 0.6) is 0 Å². The summed E-state index contributed by atoms with van der Waals surface area (Å²) in [6.07, 6.45) is 0. The van der Waals surface area contributed by atoms with Gasteiger partial charge in [0.2, 0.25) is 0 Å². The highest BCUT2D eigenvalue weighted by Crippen LogP contribution is 2.28. The molecule has 7 nitrogen and oxygen atoms in total. The van der Waals surface area contributed by atoms with Crippen molar-refractivity contribution < 1.29 is 14.2 Å². The lowest BCUT2D eigenvalue weighted by Crippen LogP contribution is -2.22. The molecule has 1 aromatic heterocycles. The zero-order valence-corrected chi connectivity index (χ0v) is 13.2. The number of aromatic nitrogens is 1. The predicted octanol–water partition coefficient (Wildman–Crippen LogP) is 1.80.